The summed E-state index contributed by atoms with van der Waals surface area (Å²) >= 11 is 0. The van der Waals surface area contributed by atoms with Crippen LogP contribution in [0.5, 0.6) is 0 Å². The van der Waals surface area contributed by atoms with E-state index in [1.54, 1.807) is 6.33 Å². The van der Waals surface area contributed by atoms with Crippen molar-refractivity contribution in [2.75, 3.05) is 6.54 Å². The van der Waals surface area contributed by atoms with Crippen LogP contribution in [0.2, 0.25) is 0 Å². The minimum Gasteiger partial charge on any atom is -0.354 e. The molecule has 1 aromatic heterocycles. The van der Waals surface area contributed by atoms with E-state index in [1.165, 1.54) is 0 Å². The van der Waals surface area contributed by atoms with Crippen LogP contribution in [0.15, 0.2) is 12.5 Å². The molecule has 114 valence electrons. The lowest BCUT2D eigenvalue weighted by atomic mass is 10.1. The average Bonchev–Trinajstić information content (AvgIpc) is 2.79. The molecule has 0 saturated carbocycles. The Balaban J connectivity index is 2.67. The van der Waals surface area contributed by atoms with Gasteiger partial charge < -0.3 is 15.2 Å². The molecule has 5 heteroatoms. The highest BCUT2D eigenvalue weighted by atomic mass is 16.2. The Kier molecular flexibility index (Phi) is 5.74. The maximum absolute atomic E-state index is 12.1. The zero-order valence-corrected chi connectivity index (χ0v) is 13.5. The lowest BCUT2D eigenvalue weighted by molar-refractivity contribution is -0.124. The van der Waals surface area contributed by atoms with E-state index in [0.29, 0.717) is 19.0 Å². The van der Waals surface area contributed by atoms with Crippen LogP contribution in [-0.2, 0) is 11.3 Å². The van der Waals surface area contributed by atoms with Crippen LogP contribution in [0, 0.1) is 5.92 Å². The summed E-state index contributed by atoms with van der Waals surface area (Å²) in [7, 11) is 0. The van der Waals surface area contributed by atoms with Gasteiger partial charge in [0.1, 0.15) is 6.04 Å². The number of amides is 1. The van der Waals surface area contributed by atoms with Gasteiger partial charge in [-0.25, -0.2) is 4.98 Å². The number of hydrogen-bond acceptors (Lipinski definition) is 3. The minimum absolute atomic E-state index is 0.0358. The maximum atomic E-state index is 12.1. The van der Waals surface area contributed by atoms with Crippen molar-refractivity contribution in [3.63, 3.8) is 0 Å². The lowest BCUT2D eigenvalue weighted by Gasteiger charge is -2.22. The molecule has 0 bridgehead atoms. The SMILES string of the molecule is CC(C)CNC(=O)C(C)n1cncc1CNC(C)(C)C. The van der Waals surface area contributed by atoms with Crippen LogP contribution in [0.3, 0.4) is 0 Å². The molecule has 0 aliphatic carbocycles. The fourth-order valence-electron chi connectivity index (χ4n) is 1.75. The monoisotopic (exact) mass is 280 g/mol. The van der Waals surface area contributed by atoms with Crippen molar-refractivity contribution in [3.8, 4) is 0 Å². The fraction of sp³-hybridized carbons (Fsp3) is 0.733. The van der Waals surface area contributed by atoms with Crippen LogP contribution in [-0.4, -0.2) is 27.5 Å². The van der Waals surface area contributed by atoms with Gasteiger partial charge in [0, 0.05) is 24.8 Å². The second-order valence-electron chi connectivity index (χ2n) is 6.71. The van der Waals surface area contributed by atoms with Gasteiger partial charge in [0.05, 0.1) is 12.0 Å². The molecule has 1 unspecified atom stereocenters. The number of carbonyl (C=O) groups is 1. The van der Waals surface area contributed by atoms with Crippen molar-refractivity contribution in [3.05, 3.63) is 18.2 Å². The predicted octanol–water partition coefficient (Wildman–Crippen LogP) is 2.10. The van der Waals surface area contributed by atoms with E-state index in [0.717, 1.165) is 5.69 Å². The summed E-state index contributed by atoms with van der Waals surface area (Å²) in [5.41, 5.74) is 1.06. The highest BCUT2D eigenvalue weighted by Gasteiger charge is 2.18. The molecule has 1 rings (SSSR count). The maximum Gasteiger partial charge on any atom is 0.242 e. The fourth-order valence-corrected chi connectivity index (χ4v) is 1.75. The van der Waals surface area contributed by atoms with Gasteiger partial charge in [0.15, 0.2) is 0 Å². The first-order valence-corrected chi connectivity index (χ1v) is 7.24. The Morgan fingerprint density at radius 3 is 2.55 bits per heavy atom. The third-order valence-electron chi connectivity index (χ3n) is 3.03. The number of hydrogen-bond donors (Lipinski definition) is 2. The number of imidazole rings is 1. The topological polar surface area (TPSA) is 59.0 Å². The summed E-state index contributed by atoms with van der Waals surface area (Å²) in [5, 5.41) is 6.38. The molecule has 0 aliphatic rings. The Labute approximate surface area is 122 Å². The van der Waals surface area contributed by atoms with E-state index >= 15 is 0 Å². The third kappa shape index (κ3) is 5.33. The second-order valence-corrected chi connectivity index (χ2v) is 6.71. The molecule has 5 nitrogen and oxygen atoms in total. The Morgan fingerprint density at radius 1 is 1.35 bits per heavy atom. The summed E-state index contributed by atoms with van der Waals surface area (Å²) < 4.78 is 1.92. The highest BCUT2D eigenvalue weighted by molar-refractivity contribution is 5.79. The van der Waals surface area contributed by atoms with E-state index in [2.05, 4.69) is 50.2 Å². The van der Waals surface area contributed by atoms with Gasteiger partial charge in [-0.15, -0.1) is 0 Å². The van der Waals surface area contributed by atoms with Gasteiger partial charge in [-0.1, -0.05) is 13.8 Å². The molecular formula is C15H28N4O. The van der Waals surface area contributed by atoms with Gasteiger partial charge >= 0.3 is 0 Å². The summed E-state index contributed by atoms with van der Waals surface area (Å²) in [6.45, 7) is 13.8. The molecule has 1 heterocycles. The number of nitrogens with one attached hydrogen (secondary N) is 2. The Bertz CT molecular complexity index is 431. The van der Waals surface area contributed by atoms with E-state index in [-0.39, 0.29) is 17.5 Å². The largest absolute Gasteiger partial charge is 0.354 e. The molecule has 1 aromatic rings. The van der Waals surface area contributed by atoms with Crippen LogP contribution in [0.4, 0.5) is 0 Å². The van der Waals surface area contributed by atoms with Crippen LogP contribution in [0.1, 0.15) is 53.3 Å². The first-order chi connectivity index (χ1) is 9.20. The van der Waals surface area contributed by atoms with Crippen molar-refractivity contribution < 1.29 is 4.79 Å². The summed E-state index contributed by atoms with van der Waals surface area (Å²) in [6.07, 6.45) is 3.53. The van der Waals surface area contributed by atoms with Crippen LogP contribution >= 0.6 is 0 Å². The van der Waals surface area contributed by atoms with Crippen molar-refractivity contribution in [1.82, 2.24) is 20.2 Å². The molecular weight excluding hydrogens is 252 g/mol. The Morgan fingerprint density at radius 2 is 2.00 bits per heavy atom. The molecule has 0 aliphatic heterocycles. The van der Waals surface area contributed by atoms with E-state index < -0.39 is 0 Å². The van der Waals surface area contributed by atoms with Gasteiger partial charge in [-0.2, -0.15) is 0 Å². The molecule has 0 radical (unpaired) electrons. The van der Waals surface area contributed by atoms with E-state index in [4.69, 9.17) is 0 Å². The van der Waals surface area contributed by atoms with Gasteiger partial charge in [0.25, 0.3) is 0 Å². The van der Waals surface area contributed by atoms with Crippen molar-refractivity contribution in [1.29, 1.82) is 0 Å². The molecule has 0 aromatic carbocycles. The number of nitrogens with zero attached hydrogens (tertiary/aromatic N) is 2. The molecule has 20 heavy (non-hydrogen) atoms. The molecule has 2 N–H and O–H groups in total. The minimum atomic E-state index is -0.243. The molecule has 0 fully saturated rings. The van der Waals surface area contributed by atoms with Crippen LogP contribution < -0.4 is 10.6 Å². The predicted molar refractivity (Wildman–Crippen MR) is 81.4 cm³/mol. The molecule has 0 saturated heterocycles. The van der Waals surface area contributed by atoms with Crippen molar-refractivity contribution >= 4 is 5.91 Å². The summed E-state index contributed by atoms with van der Waals surface area (Å²) in [4.78, 5) is 16.3. The first-order valence-electron chi connectivity index (χ1n) is 7.24. The van der Waals surface area contributed by atoms with Gasteiger partial charge in [-0.3, -0.25) is 4.79 Å². The molecule has 1 amide bonds. The van der Waals surface area contributed by atoms with Gasteiger partial charge in [-0.05, 0) is 33.6 Å². The Hall–Kier alpha value is -1.36. The summed E-state index contributed by atoms with van der Waals surface area (Å²) in [6, 6.07) is -0.243. The molecule has 0 spiro atoms. The second kappa shape index (κ2) is 6.88. The lowest BCUT2D eigenvalue weighted by Crippen LogP contribution is -2.37. The smallest absolute Gasteiger partial charge is 0.242 e. The highest BCUT2D eigenvalue weighted by Crippen LogP contribution is 2.11. The average molecular weight is 280 g/mol. The third-order valence-corrected chi connectivity index (χ3v) is 3.03. The number of rotatable bonds is 6. The van der Waals surface area contributed by atoms with Crippen LogP contribution in [0.25, 0.3) is 0 Å². The zero-order valence-electron chi connectivity index (χ0n) is 13.5. The standard InChI is InChI=1S/C15H28N4O/c1-11(2)7-17-14(20)12(3)19-10-16-8-13(19)9-18-15(4,5)6/h8,10-12,18H,7,9H2,1-6H3,(H,17,20). The van der Waals surface area contributed by atoms with Crippen molar-refractivity contribution in [2.24, 2.45) is 5.92 Å². The van der Waals surface area contributed by atoms with E-state index in [9.17, 15) is 4.79 Å². The molecule has 1 atom stereocenters. The van der Waals surface area contributed by atoms with E-state index in [1.807, 2.05) is 17.7 Å². The normalized spacial score (nSPS) is 13.6. The zero-order chi connectivity index (χ0) is 15.3. The number of aromatic nitrogens is 2. The first kappa shape index (κ1) is 16.7. The number of carbonyl (C=O) groups excluding carboxylic acids is 1. The van der Waals surface area contributed by atoms with Crippen molar-refractivity contribution in [2.45, 2.75) is 59.7 Å². The summed E-state index contributed by atoms with van der Waals surface area (Å²) in [5.74, 6) is 0.490. The van der Waals surface area contributed by atoms with Gasteiger partial charge in [0.2, 0.25) is 5.91 Å². The quantitative estimate of drug-likeness (QED) is 0.839.